The lowest BCUT2D eigenvalue weighted by Gasteiger charge is -2.33. The number of carbonyl (C=O) groups is 1. The summed E-state index contributed by atoms with van der Waals surface area (Å²) in [6.07, 6.45) is 1.35. The zero-order valence-electron chi connectivity index (χ0n) is 17.6. The first kappa shape index (κ1) is 20.5. The number of aryl methyl sites for hydroxylation is 1. The van der Waals surface area contributed by atoms with E-state index in [0.29, 0.717) is 24.1 Å². The predicted octanol–water partition coefficient (Wildman–Crippen LogP) is 4.42. The highest BCUT2D eigenvalue weighted by Crippen LogP contribution is 2.29. The smallest absolute Gasteiger partial charge is 0.410 e. The first-order valence-corrected chi connectivity index (χ1v) is 10.4. The van der Waals surface area contributed by atoms with Crippen molar-refractivity contribution in [3.63, 3.8) is 0 Å². The van der Waals surface area contributed by atoms with Crippen LogP contribution in [0.2, 0.25) is 5.15 Å². The van der Waals surface area contributed by atoms with Gasteiger partial charge in [0.15, 0.2) is 0 Å². The Bertz CT molecular complexity index is 1060. The van der Waals surface area contributed by atoms with Crippen LogP contribution in [0.25, 0.3) is 22.3 Å². The van der Waals surface area contributed by atoms with Crippen LogP contribution in [0, 0.1) is 6.92 Å². The molecule has 0 spiro atoms. The van der Waals surface area contributed by atoms with Gasteiger partial charge in [-0.1, -0.05) is 22.9 Å². The molecule has 1 saturated heterocycles. The Labute approximate surface area is 180 Å². The second kappa shape index (κ2) is 7.83. The van der Waals surface area contributed by atoms with Gasteiger partial charge in [-0.25, -0.2) is 19.4 Å². The zero-order valence-corrected chi connectivity index (χ0v) is 18.3. The fourth-order valence-electron chi connectivity index (χ4n) is 3.67. The van der Waals surface area contributed by atoms with Gasteiger partial charge in [-0.15, -0.1) is 5.10 Å². The molecule has 1 aliphatic heterocycles. The van der Waals surface area contributed by atoms with Gasteiger partial charge in [0.2, 0.25) is 0 Å². The second-order valence-electron chi connectivity index (χ2n) is 8.56. The highest BCUT2D eigenvalue weighted by atomic mass is 35.5. The molecule has 0 atom stereocenters. The summed E-state index contributed by atoms with van der Waals surface area (Å²) >= 11 is 6.07. The molecule has 0 radical (unpaired) electrons. The van der Waals surface area contributed by atoms with Crippen molar-refractivity contribution in [2.75, 3.05) is 13.1 Å². The van der Waals surface area contributed by atoms with Crippen molar-refractivity contribution in [1.29, 1.82) is 0 Å². The van der Waals surface area contributed by atoms with E-state index in [1.54, 1.807) is 11.0 Å². The standard InChI is InChI=1S/C21H25ClN6O2/c1-13-23-16(12-19(22)24-13)14-5-6-18-17(11-14)25-26-28(18)15-7-9-27(10-8-15)20(29)30-21(2,3)4/h5-6,11-12,15H,7-10H2,1-4H3. The average Bonchev–Trinajstić information content (AvgIpc) is 3.09. The van der Waals surface area contributed by atoms with E-state index in [-0.39, 0.29) is 12.1 Å². The number of carbonyl (C=O) groups excluding carboxylic acids is 1. The number of nitrogens with zero attached hydrogens (tertiary/aromatic N) is 6. The maximum Gasteiger partial charge on any atom is 0.410 e. The lowest BCUT2D eigenvalue weighted by molar-refractivity contribution is 0.0185. The number of hydrogen-bond acceptors (Lipinski definition) is 6. The lowest BCUT2D eigenvalue weighted by atomic mass is 10.0. The fourth-order valence-corrected chi connectivity index (χ4v) is 3.90. The van der Waals surface area contributed by atoms with Crippen LogP contribution in [0.1, 0.15) is 45.5 Å². The molecule has 30 heavy (non-hydrogen) atoms. The van der Waals surface area contributed by atoms with Gasteiger partial charge in [-0.3, -0.25) is 0 Å². The van der Waals surface area contributed by atoms with Crippen LogP contribution >= 0.6 is 11.6 Å². The summed E-state index contributed by atoms with van der Waals surface area (Å²) in [5.41, 5.74) is 2.96. The first-order chi connectivity index (χ1) is 14.2. The van der Waals surface area contributed by atoms with Gasteiger partial charge in [0.25, 0.3) is 0 Å². The van der Waals surface area contributed by atoms with Crippen LogP contribution in [0.4, 0.5) is 4.79 Å². The number of hydrogen-bond donors (Lipinski definition) is 0. The van der Waals surface area contributed by atoms with Gasteiger partial charge in [-0.2, -0.15) is 0 Å². The highest BCUT2D eigenvalue weighted by molar-refractivity contribution is 6.29. The third kappa shape index (κ3) is 4.38. The number of fused-ring (bicyclic) bond motifs is 1. The fraction of sp³-hybridized carbons (Fsp3) is 0.476. The number of benzene rings is 1. The third-order valence-corrected chi connectivity index (χ3v) is 5.23. The third-order valence-electron chi connectivity index (χ3n) is 5.04. The van der Waals surface area contributed by atoms with Crippen molar-refractivity contribution in [3.05, 3.63) is 35.2 Å². The molecule has 3 aromatic rings. The van der Waals surface area contributed by atoms with E-state index in [4.69, 9.17) is 16.3 Å². The molecule has 4 rings (SSSR count). The van der Waals surface area contributed by atoms with Crippen molar-refractivity contribution in [2.24, 2.45) is 0 Å². The lowest BCUT2D eigenvalue weighted by Crippen LogP contribution is -2.42. The maximum atomic E-state index is 12.3. The SMILES string of the molecule is Cc1nc(Cl)cc(-c2ccc3c(c2)nnn3C2CCN(C(=O)OC(C)(C)C)CC2)n1. The molecule has 0 bridgehead atoms. The molecule has 2 aromatic heterocycles. The molecule has 9 heteroatoms. The summed E-state index contributed by atoms with van der Waals surface area (Å²) in [7, 11) is 0. The Morgan fingerprint density at radius 1 is 1.17 bits per heavy atom. The minimum absolute atomic E-state index is 0.190. The number of amides is 1. The Morgan fingerprint density at radius 3 is 2.57 bits per heavy atom. The van der Waals surface area contributed by atoms with Gasteiger partial charge in [-0.05, 0) is 52.7 Å². The monoisotopic (exact) mass is 428 g/mol. The summed E-state index contributed by atoms with van der Waals surface area (Å²) < 4.78 is 7.44. The van der Waals surface area contributed by atoms with Crippen LogP contribution in [0.3, 0.4) is 0 Å². The molecule has 1 aromatic carbocycles. The Morgan fingerprint density at radius 2 is 1.90 bits per heavy atom. The van der Waals surface area contributed by atoms with Crippen LogP contribution in [-0.4, -0.2) is 54.6 Å². The minimum atomic E-state index is -0.486. The minimum Gasteiger partial charge on any atom is -0.444 e. The van der Waals surface area contributed by atoms with E-state index in [2.05, 4.69) is 20.3 Å². The largest absolute Gasteiger partial charge is 0.444 e. The zero-order chi connectivity index (χ0) is 21.5. The highest BCUT2D eigenvalue weighted by Gasteiger charge is 2.28. The van der Waals surface area contributed by atoms with Gasteiger partial charge in [0.05, 0.1) is 17.3 Å². The molecule has 1 amide bonds. The summed E-state index contributed by atoms with van der Waals surface area (Å²) in [5.74, 6) is 0.623. The van der Waals surface area contributed by atoms with Crippen molar-refractivity contribution in [2.45, 2.75) is 52.2 Å². The first-order valence-electron chi connectivity index (χ1n) is 10.0. The number of ether oxygens (including phenoxy) is 1. The van der Waals surface area contributed by atoms with E-state index in [1.165, 1.54) is 0 Å². The maximum absolute atomic E-state index is 12.3. The Balaban J connectivity index is 1.50. The van der Waals surface area contributed by atoms with Crippen molar-refractivity contribution >= 4 is 28.7 Å². The van der Waals surface area contributed by atoms with Crippen molar-refractivity contribution < 1.29 is 9.53 Å². The molecule has 3 heterocycles. The van der Waals surface area contributed by atoms with Crippen molar-refractivity contribution in [3.8, 4) is 11.3 Å². The molecule has 0 saturated carbocycles. The van der Waals surface area contributed by atoms with E-state index in [9.17, 15) is 4.79 Å². The predicted molar refractivity (Wildman–Crippen MR) is 114 cm³/mol. The second-order valence-corrected chi connectivity index (χ2v) is 8.95. The molecule has 8 nitrogen and oxygen atoms in total. The van der Waals surface area contributed by atoms with Crippen LogP contribution in [-0.2, 0) is 4.74 Å². The molecule has 0 unspecified atom stereocenters. The van der Waals surface area contributed by atoms with E-state index < -0.39 is 5.60 Å². The topological polar surface area (TPSA) is 86.0 Å². The van der Waals surface area contributed by atoms with Gasteiger partial charge >= 0.3 is 6.09 Å². The molecule has 1 fully saturated rings. The van der Waals surface area contributed by atoms with Crippen molar-refractivity contribution in [1.82, 2.24) is 29.9 Å². The van der Waals surface area contributed by atoms with E-state index in [0.717, 1.165) is 35.1 Å². The van der Waals surface area contributed by atoms with Crippen LogP contribution in [0.15, 0.2) is 24.3 Å². The van der Waals surface area contributed by atoms with Gasteiger partial charge in [0, 0.05) is 24.7 Å². The molecule has 1 aliphatic rings. The van der Waals surface area contributed by atoms with Crippen LogP contribution < -0.4 is 0 Å². The summed E-state index contributed by atoms with van der Waals surface area (Å²) in [6.45, 7) is 8.72. The van der Waals surface area contributed by atoms with E-state index in [1.807, 2.05) is 50.6 Å². The molecular formula is C21H25ClN6O2. The summed E-state index contributed by atoms with van der Waals surface area (Å²) in [5, 5.41) is 9.16. The number of halogens is 1. The molecule has 0 aliphatic carbocycles. The van der Waals surface area contributed by atoms with E-state index >= 15 is 0 Å². The van der Waals surface area contributed by atoms with Gasteiger partial charge < -0.3 is 9.64 Å². The van der Waals surface area contributed by atoms with Crippen LogP contribution in [0.5, 0.6) is 0 Å². The molecule has 0 N–H and O–H groups in total. The summed E-state index contributed by atoms with van der Waals surface area (Å²) in [4.78, 5) is 22.6. The quantitative estimate of drug-likeness (QED) is 0.561. The normalized spacial score (nSPS) is 15.6. The average molecular weight is 429 g/mol. The number of likely N-dealkylation sites (tertiary alicyclic amines) is 1. The number of rotatable bonds is 2. The molecule has 158 valence electrons. The number of aromatic nitrogens is 5. The summed E-state index contributed by atoms with van der Waals surface area (Å²) in [6, 6.07) is 7.90. The number of piperidine rings is 1. The Kier molecular flexibility index (Phi) is 5.36. The Hall–Kier alpha value is -2.74. The molecular weight excluding hydrogens is 404 g/mol. The van der Waals surface area contributed by atoms with Gasteiger partial charge in [0.1, 0.15) is 22.1 Å².